The van der Waals surface area contributed by atoms with Gasteiger partial charge in [-0.1, -0.05) is 50.0 Å². The number of hydrogen-bond acceptors (Lipinski definition) is 0. The van der Waals surface area contributed by atoms with Crippen molar-refractivity contribution < 1.29 is 0 Å². The lowest BCUT2D eigenvalue weighted by molar-refractivity contribution is 0.190. The highest BCUT2D eigenvalue weighted by Gasteiger charge is 2.49. The van der Waals surface area contributed by atoms with Crippen molar-refractivity contribution in [3.63, 3.8) is 0 Å². The van der Waals surface area contributed by atoms with Crippen LogP contribution >= 0.6 is 0 Å². The Hall–Kier alpha value is -0.520. The number of hydrogen-bond donors (Lipinski definition) is 0. The second-order valence-corrected chi connectivity index (χ2v) is 8.64. The molecule has 0 amide bonds. The largest absolute Gasteiger partial charge is 0.0816 e. The van der Waals surface area contributed by atoms with E-state index in [9.17, 15) is 0 Å². The Kier molecular flexibility index (Phi) is 2.79. The minimum absolute atomic E-state index is 0.462. The van der Waals surface area contributed by atoms with Gasteiger partial charge in [0, 0.05) is 5.41 Å². The van der Waals surface area contributed by atoms with Crippen molar-refractivity contribution in [2.24, 2.45) is 22.7 Å². The molecule has 110 valence electrons. The van der Waals surface area contributed by atoms with Gasteiger partial charge in [-0.05, 0) is 68.6 Å². The van der Waals surface area contributed by atoms with E-state index in [2.05, 4.69) is 26.8 Å². The molecule has 0 aromatic heterocycles. The third-order valence-corrected chi connectivity index (χ3v) is 7.46. The van der Waals surface area contributed by atoms with Crippen LogP contribution in [-0.4, -0.2) is 0 Å². The first-order valence-electron chi connectivity index (χ1n) is 8.96. The fraction of sp³-hybridized carbons (Fsp3) is 0.800. The molecule has 0 aliphatic heterocycles. The van der Waals surface area contributed by atoms with Gasteiger partial charge in [0.25, 0.3) is 0 Å². The van der Waals surface area contributed by atoms with Gasteiger partial charge in [0.15, 0.2) is 0 Å². The molecule has 20 heavy (non-hydrogen) atoms. The Morgan fingerprint density at radius 3 is 2.70 bits per heavy atom. The molecular weight excluding hydrogens is 240 g/mol. The van der Waals surface area contributed by atoms with Crippen LogP contribution < -0.4 is 0 Å². The molecule has 0 saturated heterocycles. The summed E-state index contributed by atoms with van der Waals surface area (Å²) >= 11 is 0. The van der Waals surface area contributed by atoms with Crippen LogP contribution in [0.3, 0.4) is 0 Å². The van der Waals surface area contributed by atoms with Gasteiger partial charge in [0.05, 0.1) is 0 Å². The smallest absolute Gasteiger partial charge is 0.00954 e. The Balaban J connectivity index is 1.79. The summed E-state index contributed by atoms with van der Waals surface area (Å²) in [7, 11) is 0. The lowest BCUT2D eigenvalue weighted by Gasteiger charge is -2.51. The maximum Gasteiger partial charge on any atom is 0.00954 e. The fourth-order valence-corrected chi connectivity index (χ4v) is 6.12. The van der Waals surface area contributed by atoms with Crippen molar-refractivity contribution in [1.82, 2.24) is 0 Å². The number of allylic oxidation sites excluding steroid dienone is 4. The molecule has 0 aromatic rings. The van der Waals surface area contributed by atoms with Gasteiger partial charge in [-0.3, -0.25) is 0 Å². The van der Waals surface area contributed by atoms with Crippen molar-refractivity contribution in [3.05, 3.63) is 22.8 Å². The van der Waals surface area contributed by atoms with Gasteiger partial charge in [0.2, 0.25) is 0 Å². The van der Waals surface area contributed by atoms with Gasteiger partial charge in [-0.15, -0.1) is 0 Å². The van der Waals surface area contributed by atoms with E-state index < -0.39 is 0 Å². The summed E-state index contributed by atoms with van der Waals surface area (Å²) in [6.07, 6.45) is 15.5. The predicted molar refractivity (Wildman–Crippen MR) is 85.5 cm³/mol. The van der Waals surface area contributed by atoms with E-state index in [0.717, 1.165) is 11.8 Å². The molecule has 4 aliphatic rings. The molecule has 1 fully saturated rings. The van der Waals surface area contributed by atoms with Gasteiger partial charge in [0.1, 0.15) is 0 Å². The Morgan fingerprint density at radius 2 is 1.85 bits per heavy atom. The third-order valence-electron chi connectivity index (χ3n) is 7.46. The molecule has 0 radical (unpaired) electrons. The summed E-state index contributed by atoms with van der Waals surface area (Å²) in [6, 6.07) is 0. The summed E-state index contributed by atoms with van der Waals surface area (Å²) < 4.78 is 0. The second-order valence-electron chi connectivity index (χ2n) is 8.64. The van der Waals surface area contributed by atoms with Crippen LogP contribution in [0.25, 0.3) is 0 Å². The normalized spacial score (nSPS) is 47.5. The van der Waals surface area contributed by atoms with Crippen LogP contribution in [0.5, 0.6) is 0 Å². The molecule has 0 heterocycles. The van der Waals surface area contributed by atoms with Crippen LogP contribution in [0.2, 0.25) is 0 Å². The van der Waals surface area contributed by atoms with Crippen molar-refractivity contribution in [3.8, 4) is 0 Å². The molecule has 4 rings (SSSR count). The van der Waals surface area contributed by atoms with E-state index in [4.69, 9.17) is 0 Å². The maximum absolute atomic E-state index is 2.63. The van der Waals surface area contributed by atoms with Crippen molar-refractivity contribution in [2.75, 3.05) is 0 Å². The Morgan fingerprint density at radius 1 is 1.00 bits per heavy atom. The summed E-state index contributed by atoms with van der Waals surface area (Å²) in [6.45, 7) is 7.58. The van der Waals surface area contributed by atoms with Gasteiger partial charge in [-0.2, -0.15) is 0 Å². The van der Waals surface area contributed by atoms with Crippen LogP contribution in [0, 0.1) is 22.7 Å². The molecule has 0 aromatic carbocycles. The molecule has 0 spiro atoms. The summed E-state index contributed by atoms with van der Waals surface area (Å²) in [5.74, 6) is 1.77. The zero-order chi connectivity index (χ0) is 14.0. The van der Waals surface area contributed by atoms with Crippen molar-refractivity contribution >= 4 is 0 Å². The molecule has 4 atom stereocenters. The molecular formula is C20H30. The van der Waals surface area contributed by atoms with Crippen LogP contribution in [0.4, 0.5) is 0 Å². The van der Waals surface area contributed by atoms with E-state index in [1.165, 1.54) is 57.8 Å². The Labute approximate surface area is 124 Å². The topological polar surface area (TPSA) is 0 Å². The Bertz CT molecular complexity index is 494. The molecule has 4 aliphatic carbocycles. The third kappa shape index (κ3) is 1.66. The predicted octanol–water partition coefficient (Wildman–Crippen LogP) is 6.04. The first-order chi connectivity index (χ1) is 9.53. The van der Waals surface area contributed by atoms with Crippen LogP contribution in [0.1, 0.15) is 78.6 Å². The molecule has 1 saturated carbocycles. The maximum atomic E-state index is 2.63. The van der Waals surface area contributed by atoms with Gasteiger partial charge >= 0.3 is 0 Å². The average molecular weight is 270 g/mol. The van der Waals surface area contributed by atoms with Crippen LogP contribution in [0.15, 0.2) is 22.8 Å². The molecule has 1 unspecified atom stereocenters. The molecule has 0 nitrogen and oxygen atoms in total. The first kappa shape index (κ1) is 13.2. The fourth-order valence-electron chi connectivity index (χ4n) is 6.12. The summed E-state index contributed by atoms with van der Waals surface area (Å²) in [5.41, 5.74) is 6.77. The summed E-state index contributed by atoms with van der Waals surface area (Å²) in [4.78, 5) is 0. The second kappa shape index (κ2) is 4.24. The minimum atomic E-state index is 0.462. The van der Waals surface area contributed by atoms with E-state index >= 15 is 0 Å². The van der Waals surface area contributed by atoms with Gasteiger partial charge in [-0.25, -0.2) is 0 Å². The molecule has 0 bridgehead atoms. The standard InChI is InChI=1S/C20H30/c1-14-8-12-20(3)15(13-14)6-7-16-17-5-4-10-19(17,2)11-9-18(16)20/h13-14,17H,4-12H2,1-3H3/t14?,17-,19-,20-/m0/s1. The highest BCUT2D eigenvalue weighted by Crippen LogP contribution is 2.62. The van der Waals surface area contributed by atoms with Crippen LogP contribution in [-0.2, 0) is 0 Å². The highest BCUT2D eigenvalue weighted by molar-refractivity contribution is 5.42. The van der Waals surface area contributed by atoms with Gasteiger partial charge < -0.3 is 0 Å². The average Bonchev–Trinajstić information content (AvgIpc) is 2.81. The summed E-state index contributed by atoms with van der Waals surface area (Å²) in [5, 5.41) is 0. The lowest BCUT2D eigenvalue weighted by Crippen LogP contribution is -2.38. The lowest BCUT2D eigenvalue weighted by atomic mass is 9.54. The van der Waals surface area contributed by atoms with Crippen molar-refractivity contribution in [1.29, 1.82) is 0 Å². The van der Waals surface area contributed by atoms with E-state index in [0.29, 0.717) is 10.8 Å². The monoisotopic (exact) mass is 270 g/mol. The van der Waals surface area contributed by atoms with Crippen molar-refractivity contribution in [2.45, 2.75) is 78.6 Å². The number of rotatable bonds is 0. The quantitative estimate of drug-likeness (QED) is 0.471. The molecule has 0 N–H and O–H groups in total. The zero-order valence-electron chi connectivity index (χ0n) is 13.6. The van der Waals surface area contributed by atoms with E-state index in [-0.39, 0.29) is 0 Å². The minimum Gasteiger partial charge on any atom is -0.0816 e. The zero-order valence-corrected chi connectivity index (χ0v) is 13.6. The molecule has 0 heteroatoms. The van der Waals surface area contributed by atoms with E-state index in [1.807, 2.05) is 11.1 Å². The highest BCUT2D eigenvalue weighted by atomic mass is 14.5. The number of fused-ring (bicyclic) bond motifs is 4. The SMILES string of the molecule is CC1C=C2CCC3=C(CC[C@]4(C)CCC[C@@H]34)[C@@]2(C)CC1. The first-order valence-corrected chi connectivity index (χ1v) is 8.96. The van der Waals surface area contributed by atoms with E-state index in [1.54, 1.807) is 5.57 Å².